The molecule has 0 heterocycles. The molecule has 0 bridgehead atoms. The zero-order chi connectivity index (χ0) is 70.9. The molecule has 0 aromatic heterocycles. The first-order valence-electron chi connectivity index (χ1n) is 33.8. The van der Waals surface area contributed by atoms with Crippen LogP contribution in [0.5, 0.6) is 11.5 Å². The van der Waals surface area contributed by atoms with Gasteiger partial charge in [0.05, 0.1) is 10.8 Å². The van der Waals surface area contributed by atoms with Gasteiger partial charge in [-0.05, 0) is 228 Å². The van der Waals surface area contributed by atoms with Crippen molar-refractivity contribution < 1.29 is 35.8 Å². The van der Waals surface area contributed by atoms with E-state index in [9.17, 15) is 0 Å². The molecule has 4 nitrogen and oxygen atoms in total. The van der Waals surface area contributed by atoms with Crippen LogP contribution in [0.4, 0.5) is 60.5 Å². The lowest BCUT2D eigenvalue weighted by Crippen LogP contribution is -2.29. The Balaban J connectivity index is 0.798. The van der Waals surface area contributed by atoms with Crippen LogP contribution in [0, 0.1) is 34.9 Å². The van der Waals surface area contributed by atoms with Crippen LogP contribution in [0.25, 0.3) is 40.0 Å². The van der Waals surface area contributed by atoms with Crippen molar-refractivity contribution in [3.05, 3.63) is 436 Å². The summed E-state index contributed by atoms with van der Waals surface area (Å²) < 4.78 is 104. The molecule has 0 fully saturated rings. The average Bonchev–Trinajstić information content (AvgIpc) is 1.56. The second-order valence-corrected chi connectivity index (χ2v) is 25.5. The second-order valence-electron chi connectivity index (χ2n) is 25.5. The summed E-state index contributed by atoms with van der Waals surface area (Å²) in [7, 11) is 0. The molecule has 103 heavy (non-hydrogen) atoms. The maximum Gasteiger partial charge on any atom is 0.160 e. The first-order chi connectivity index (χ1) is 50.3. The minimum absolute atomic E-state index is 0.338. The molecule has 0 radical (unpaired) electrons. The van der Waals surface area contributed by atoms with Gasteiger partial charge in [-0.15, -0.1) is 0 Å². The molecule has 0 saturated carbocycles. The average molecular weight is 1360 g/mol. The van der Waals surface area contributed by atoms with Gasteiger partial charge < -0.3 is 19.3 Å². The molecule has 0 amide bonds. The van der Waals surface area contributed by atoms with Crippen LogP contribution in [0.1, 0.15) is 73.7 Å². The maximum absolute atomic E-state index is 15.7. The van der Waals surface area contributed by atoms with E-state index in [-0.39, 0.29) is 5.82 Å². The Labute approximate surface area is 595 Å². The van der Waals surface area contributed by atoms with Crippen molar-refractivity contribution in [1.82, 2.24) is 0 Å². The Morgan fingerprint density at radius 3 is 1.15 bits per heavy atom. The third-order valence-electron chi connectivity index (χ3n) is 19.8. The van der Waals surface area contributed by atoms with Gasteiger partial charge in [-0.2, -0.15) is 0 Å². The summed E-state index contributed by atoms with van der Waals surface area (Å²) in [6.07, 6.45) is 9.47. The van der Waals surface area contributed by atoms with E-state index in [0.29, 0.717) is 58.8 Å². The van der Waals surface area contributed by atoms with Crippen molar-refractivity contribution in [2.75, 3.05) is 9.80 Å². The van der Waals surface area contributed by atoms with E-state index in [1.165, 1.54) is 42.5 Å². The molecule has 13 aromatic carbocycles. The number of nitrogens with zero attached hydrogens (tertiary/aromatic N) is 2. The molecule has 2 unspecified atom stereocenters. The van der Waals surface area contributed by atoms with E-state index < -0.39 is 39.9 Å². The van der Waals surface area contributed by atoms with Crippen LogP contribution in [0.15, 0.2) is 335 Å². The monoisotopic (exact) mass is 1360 g/mol. The molecular weight excluding hydrogens is 1290 g/mol. The first-order valence-corrected chi connectivity index (χ1v) is 33.8. The minimum Gasteiger partial charge on any atom is -0.489 e. The predicted molar refractivity (Wildman–Crippen MR) is 405 cm³/mol. The topological polar surface area (TPSA) is 24.9 Å². The molecule has 10 heteroatoms. The van der Waals surface area contributed by atoms with Gasteiger partial charge in [0.1, 0.15) is 36.3 Å². The summed E-state index contributed by atoms with van der Waals surface area (Å²) in [5, 5.41) is 0. The summed E-state index contributed by atoms with van der Waals surface area (Å²) in [5.74, 6) is -3.52. The van der Waals surface area contributed by atoms with Gasteiger partial charge in [0.25, 0.3) is 0 Å². The van der Waals surface area contributed by atoms with Gasteiger partial charge >= 0.3 is 0 Å². The lowest BCUT2D eigenvalue weighted by molar-refractivity contribution is 0.306. The molecule has 502 valence electrons. The molecule has 0 N–H and O–H groups in total. The highest BCUT2D eigenvalue weighted by molar-refractivity contribution is 5.94. The normalized spacial score (nSPS) is 14.9. The third kappa shape index (κ3) is 12.1. The number of hydrogen-bond acceptors (Lipinski definition) is 4. The zero-order valence-electron chi connectivity index (χ0n) is 56.1. The lowest BCUT2D eigenvalue weighted by Gasteiger charge is -2.36. The fourth-order valence-electron chi connectivity index (χ4n) is 14.9. The fourth-order valence-corrected chi connectivity index (χ4v) is 14.9. The van der Waals surface area contributed by atoms with Crippen molar-refractivity contribution in [3.8, 4) is 33.8 Å². The Morgan fingerprint density at radius 2 is 0.718 bits per heavy atom. The van der Waals surface area contributed by atoms with E-state index >= 15 is 26.3 Å². The van der Waals surface area contributed by atoms with Gasteiger partial charge in [0.2, 0.25) is 0 Å². The van der Waals surface area contributed by atoms with Crippen LogP contribution in [-0.2, 0) is 24.0 Å². The zero-order valence-corrected chi connectivity index (χ0v) is 56.1. The van der Waals surface area contributed by atoms with Gasteiger partial charge in [0.15, 0.2) is 23.3 Å². The van der Waals surface area contributed by atoms with Crippen LogP contribution < -0.4 is 19.3 Å². The summed E-state index contributed by atoms with van der Waals surface area (Å²) in [6, 6.07) is 88.6. The Bertz CT molecular complexity index is 5440. The van der Waals surface area contributed by atoms with Crippen LogP contribution >= 0.6 is 0 Å². The van der Waals surface area contributed by atoms with E-state index in [0.717, 1.165) is 112 Å². The summed E-state index contributed by atoms with van der Waals surface area (Å²) >= 11 is 0. The summed E-state index contributed by atoms with van der Waals surface area (Å²) in [6.45, 7) is 14.7. The van der Waals surface area contributed by atoms with Crippen molar-refractivity contribution in [2.45, 2.75) is 31.0 Å². The SMILES string of the molecule is C=CC1=C(/C=C\C)C(c2ccc(F)cc2)(c2ccc(OCc3ccc(C=C)cc3)cc2)c2cc(N(c3ccc(-c4ccc(N(c5ccc(F)c(F)c5)c5ccc6c(c5)C(c5ccc(F)cc5)(c5ccc(OCc7ccc(C=C)cc7)cc5)c5ccccc5-6)cc4)cc3)c3ccc(F)c(F)c3)ccc21. The molecule has 0 spiro atoms. The molecule has 13 aromatic rings. The quantitative estimate of drug-likeness (QED) is 0.0670. The predicted octanol–water partition coefficient (Wildman–Crippen LogP) is 24.8. The number of hydrogen-bond donors (Lipinski definition) is 0. The highest BCUT2D eigenvalue weighted by Gasteiger charge is 2.48. The highest BCUT2D eigenvalue weighted by Crippen LogP contribution is 2.59. The number of rotatable bonds is 21. The largest absolute Gasteiger partial charge is 0.489 e. The molecule has 2 aliphatic rings. The number of ether oxygens (including phenoxy) is 2. The summed E-state index contributed by atoms with van der Waals surface area (Å²) in [4.78, 5) is 3.76. The molecule has 15 rings (SSSR count). The standard InChI is InChI=1S/C93H66F6N2O2/c1-5-11-84-80(8-4)82-50-42-74(54-86(82)92(84,66-26-34-70(94)35-27-66)68-30-46-78(47-31-68)102-58-62-18-14-60(6-2)15-19-62)100(76-44-52-88(96)90(98)56-76)72-38-22-64(23-39-72)65-24-40-73(41-25-65)101(77-45-53-89(97)91(99)57-77)75-43-51-83-81-12-9-10-13-85(81)93(87(83)55-75,67-28-36-71(95)37-29-67)69-32-48-79(49-33-69)103-59-63-20-16-61(7-3)17-21-63/h5-57H,2-4,58-59H2,1H3/b11-5-. The molecule has 2 aliphatic carbocycles. The molecule has 0 aliphatic heterocycles. The third-order valence-corrected chi connectivity index (χ3v) is 19.8. The van der Waals surface area contributed by atoms with Gasteiger partial charge in [0, 0.05) is 46.3 Å². The number of anilines is 6. The van der Waals surface area contributed by atoms with Crippen molar-refractivity contribution in [3.63, 3.8) is 0 Å². The Kier molecular flexibility index (Phi) is 17.9. The summed E-state index contributed by atoms with van der Waals surface area (Å²) in [5.41, 5.74) is 17.5. The molecule has 2 atom stereocenters. The molecular formula is C93H66F6N2O2. The highest BCUT2D eigenvalue weighted by atomic mass is 19.2. The van der Waals surface area contributed by atoms with Gasteiger partial charge in [-0.3, -0.25) is 0 Å². The van der Waals surface area contributed by atoms with Gasteiger partial charge in [-0.1, -0.05) is 208 Å². The van der Waals surface area contributed by atoms with E-state index in [1.807, 2.05) is 217 Å². The van der Waals surface area contributed by atoms with E-state index in [2.05, 4.69) is 56.1 Å². The molecule has 0 saturated heterocycles. The Morgan fingerprint density at radius 1 is 0.340 bits per heavy atom. The fraction of sp³-hybridized carbons (Fsp3) is 0.0538. The number of benzene rings is 13. The first kappa shape index (κ1) is 66.2. The maximum atomic E-state index is 15.7. The van der Waals surface area contributed by atoms with Crippen molar-refractivity contribution >= 4 is 51.8 Å². The van der Waals surface area contributed by atoms with Crippen LogP contribution in [-0.4, -0.2) is 0 Å². The van der Waals surface area contributed by atoms with Crippen molar-refractivity contribution in [2.24, 2.45) is 0 Å². The van der Waals surface area contributed by atoms with Gasteiger partial charge in [-0.25, -0.2) is 26.3 Å². The lowest BCUT2D eigenvalue weighted by atomic mass is 9.66. The van der Waals surface area contributed by atoms with E-state index in [1.54, 1.807) is 30.4 Å². The van der Waals surface area contributed by atoms with E-state index in [4.69, 9.17) is 9.47 Å². The van der Waals surface area contributed by atoms with Crippen molar-refractivity contribution in [1.29, 1.82) is 0 Å². The smallest absolute Gasteiger partial charge is 0.160 e. The number of allylic oxidation sites excluding steroid dienone is 5. The Hall–Kier alpha value is -12.7. The number of fused-ring (bicyclic) bond motifs is 4. The van der Waals surface area contributed by atoms with Crippen LogP contribution in [0.2, 0.25) is 0 Å². The van der Waals surface area contributed by atoms with Crippen LogP contribution in [0.3, 0.4) is 0 Å². The number of halogens is 6. The second kappa shape index (κ2) is 27.8. The minimum atomic E-state index is -1.06.